The SMILES string of the molecule is C[C@@H](C(=O)OCC(=O)NC(=O)NCc1ccccc1)N1C(=O)[C@H]2CCCC[C@H]2C1=O. The zero-order valence-electron chi connectivity index (χ0n) is 16.8. The minimum atomic E-state index is -1.12. The second kappa shape index (κ2) is 9.51. The highest BCUT2D eigenvalue weighted by Gasteiger charge is 2.51. The molecule has 0 radical (unpaired) electrons. The molecule has 3 rings (SSSR count). The van der Waals surface area contributed by atoms with Gasteiger partial charge in [0, 0.05) is 6.54 Å². The van der Waals surface area contributed by atoms with Crippen LogP contribution in [0.25, 0.3) is 0 Å². The number of rotatable bonds is 6. The van der Waals surface area contributed by atoms with Crippen molar-refractivity contribution in [2.45, 2.75) is 45.2 Å². The zero-order valence-corrected chi connectivity index (χ0v) is 16.8. The summed E-state index contributed by atoms with van der Waals surface area (Å²) in [6.07, 6.45) is 3.07. The summed E-state index contributed by atoms with van der Waals surface area (Å²) in [5.74, 6) is -3.10. The molecule has 2 aliphatic rings. The molecular weight excluding hydrogens is 390 g/mol. The molecule has 1 aliphatic heterocycles. The molecule has 2 N–H and O–H groups in total. The maximum atomic E-state index is 12.5. The highest BCUT2D eigenvalue weighted by Crippen LogP contribution is 2.38. The van der Waals surface area contributed by atoms with Crippen LogP contribution in [0.4, 0.5) is 4.79 Å². The molecule has 30 heavy (non-hydrogen) atoms. The van der Waals surface area contributed by atoms with Crippen molar-refractivity contribution in [2.24, 2.45) is 11.8 Å². The summed E-state index contributed by atoms with van der Waals surface area (Å²) >= 11 is 0. The number of likely N-dealkylation sites (tertiary alicyclic amines) is 1. The van der Waals surface area contributed by atoms with Gasteiger partial charge in [0.15, 0.2) is 6.61 Å². The molecule has 1 saturated carbocycles. The number of esters is 1. The van der Waals surface area contributed by atoms with Crippen molar-refractivity contribution >= 4 is 29.7 Å². The maximum Gasteiger partial charge on any atom is 0.329 e. The number of imide groups is 2. The van der Waals surface area contributed by atoms with Gasteiger partial charge in [0.2, 0.25) is 11.8 Å². The first kappa shape index (κ1) is 21.5. The number of carbonyl (C=O) groups excluding carboxylic acids is 5. The topological polar surface area (TPSA) is 122 Å². The Labute approximate surface area is 174 Å². The van der Waals surface area contributed by atoms with Crippen molar-refractivity contribution in [1.29, 1.82) is 0 Å². The van der Waals surface area contributed by atoms with Gasteiger partial charge in [0.05, 0.1) is 11.8 Å². The fourth-order valence-electron chi connectivity index (χ4n) is 3.92. The first-order valence-corrected chi connectivity index (χ1v) is 10.0. The van der Waals surface area contributed by atoms with Crippen molar-refractivity contribution in [3.63, 3.8) is 0 Å². The van der Waals surface area contributed by atoms with Crippen LogP contribution in [0.3, 0.4) is 0 Å². The molecular formula is C21H25N3O6. The van der Waals surface area contributed by atoms with Crippen LogP contribution in [-0.2, 0) is 30.5 Å². The minimum Gasteiger partial charge on any atom is -0.454 e. The van der Waals surface area contributed by atoms with Crippen LogP contribution in [-0.4, -0.2) is 47.3 Å². The summed E-state index contributed by atoms with van der Waals surface area (Å²) in [4.78, 5) is 61.9. The zero-order chi connectivity index (χ0) is 21.7. The average molecular weight is 415 g/mol. The van der Waals surface area contributed by atoms with Gasteiger partial charge in [-0.25, -0.2) is 9.59 Å². The predicted molar refractivity (Wildman–Crippen MR) is 105 cm³/mol. The maximum absolute atomic E-state index is 12.5. The number of nitrogens with one attached hydrogen (secondary N) is 2. The molecule has 1 saturated heterocycles. The molecule has 2 fully saturated rings. The molecule has 160 valence electrons. The van der Waals surface area contributed by atoms with Gasteiger partial charge in [-0.05, 0) is 25.3 Å². The van der Waals surface area contributed by atoms with Crippen LogP contribution in [0, 0.1) is 11.8 Å². The van der Waals surface area contributed by atoms with Crippen LogP contribution in [0.15, 0.2) is 30.3 Å². The van der Waals surface area contributed by atoms with E-state index in [4.69, 9.17) is 4.74 Å². The fourth-order valence-corrected chi connectivity index (χ4v) is 3.92. The number of amides is 5. The molecule has 0 aromatic heterocycles. The number of carbonyl (C=O) groups is 5. The fraction of sp³-hybridized carbons (Fsp3) is 0.476. The summed E-state index contributed by atoms with van der Waals surface area (Å²) in [6.45, 7) is 0.948. The van der Waals surface area contributed by atoms with Gasteiger partial charge in [-0.1, -0.05) is 43.2 Å². The van der Waals surface area contributed by atoms with Gasteiger partial charge in [0.1, 0.15) is 6.04 Å². The number of fused-ring (bicyclic) bond motifs is 1. The Morgan fingerprint density at radius 2 is 1.67 bits per heavy atom. The van der Waals surface area contributed by atoms with Crippen molar-refractivity contribution < 1.29 is 28.7 Å². The lowest BCUT2D eigenvalue weighted by molar-refractivity contribution is -0.159. The Morgan fingerprint density at radius 1 is 1.07 bits per heavy atom. The van der Waals surface area contributed by atoms with E-state index < -0.39 is 30.6 Å². The van der Waals surface area contributed by atoms with Crippen molar-refractivity contribution in [3.8, 4) is 0 Å². The third kappa shape index (κ3) is 4.84. The lowest BCUT2D eigenvalue weighted by atomic mass is 9.81. The molecule has 9 nitrogen and oxygen atoms in total. The number of nitrogens with zero attached hydrogens (tertiary/aromatic N) is 1. The first-order valence-electron chi connectivity index (χ1n) is 10.0. The molecule has 5 amide bonds. The van der Waals surface area contributed by atoms with E-state index in [0.717, 1.165) is 23.3 Å². The Morgan fingerprint density at radius 3 is 2.27 bits per heavy atom. The van der Waals surface area contributed by atoms with E-state index in [1.807, 2.05) is 30.3 Å². The Hall–Kier alpha value is -3.23. The molecule has 0 bridgehead atoms. The predicted octanol–water partition coefficient (Wildman–Crippen LogP) is 1.12. The molecule has 0 unspecified atom stereocenters. The summed E-state index contributed by atoms with van der Waals surface area (Å²) in [5, 5.41) is 4.57. The second-order valence-corrected chi connectivity index (χ2v) is 7.54. The van der Waals surface area contributed by atoms with E-state index in [9.17, 15) is 24.0 Å². The van der Waals surface area contributed by atoms with Crippen LogP contribution in [0.5, 0.6) is 0 Å². The highest BCUT2D eigenvalue weighted by molar-refractivity contribution is 6.08. The number of hydrogen-bond acceptors (Lipinski definition) is 6. The third-order valence-corrected chi connectivity index (χ3v) is 5.50. The van der Waals surface area contributed by atoms with Gasteiger partial charge in [-0.15, -0.1) is 0 Å². The summed E-state index contributed by atoms with van der Waals surface area (Å²) in [6, 6.07) is 7.30. The summed E-state index contributed by atoms with van der Waals surface area (Å²) in [7, 11) is 0. The average Bonchev–Trinajstić information content (AvgIpc) is 3.01. The number of benzene rings is 1. The quantitative estimate of drug-likeness (QED) is 0.530. The van der Waals surface area contributed by atoms with E-state index in [0.29, 0.717) is 12.8 Å². The number of hydrogen-bond donors (Lipinski definition) is 2. The molecule has 1 aliphatic carbocycles. The monoisotopic (exact) mass is 415 g/mol. The first-order chi connectivity index (χ1) is 14.4. The summed E-state index contributed by atoms with van der Waals surface area (Å²) < 4.78 is 4.91. The van der Waals surface area contributed by atoms with Gasteiger partial charge in [0.25, 0.3) is 5.91 Å². The Kier molecular flexibility index (Phi) is 6.81. The van der Waals surface area contributed by atoms with E-state index in [-0.39, 0.29) is 30.2 Å². The molecule has 1 heterocycles. The number of urea groups is 1. The van der Waals surface area contributed by atoms with Crippen LogP contribution in [0.1, 0.15) is 38.2 Å². The second-order valence-electron chi connectivity index (χ2n) is 7.54. The van der Waals surface area contributed by atoms with E-state index in [1.165, 1.54) is 6.92 Å². The summed E-state index contributed by atoms with van der Waals surface area (Å²) in [5.41, 5.74) is 0.862. The van der Waals surface area contributed by atoms with E-state index in [1.54, 1.807) is 0 Å². The molecule has 0 spiro atoms. The molecule has 9 heteroatoms. The van der Waals surface area contributed by atoms with Crippen LogP contribution < -0.4 is 10.6 Å². The van der Waals surface area contributed by atoms with Gasteiger partial charge >= 0.3 is 12.0 Å². The third-order valence-electron chi connectivity index (χ3n) is 5.50. The highest BCUT2D eigenvalue weighted by atomic mass is 16.5. The lowest BCUT2D eigenvalue weighted by Crippen LogP contribution is -2.46. The van der Waals surface area contributed by atoms with E-state index in [2.05, 4.69) is 10.6 Å². The van der Waals surface area contributed by atoms with Crippen LogP contribution >= 0.6 is 0 Å². The van der Waals surface area contributed by atoms with Crippen molar-refractivity contribution in [1.82, 2.24) is 15.5 Å². The molecule has 1 aromatic carbocycles. The van der Waals surface area contributed by atoms with Gasteiger partial charge in [-0.3, -0.25) is 24.6 Å². The van der Waals surface area contributed by atoms with E-state index >= 15 is 0 Å². The lowest BCUT2D eigenvalue weighted by Gasteiger charge is -2.21. The van der Waals surface area contributed by atoms with Gasteiger partial charge in [-0.2, -0.15) is 0 Å². The Bertz CT molecular complexity index is 816. The standard InChI is InChI=1S/C21H25N3O6/c1-13(24-18(26)15-9-5-6-10-16(15)19(24)27)20(28)30-12-17(25)23-21(29)22-11-14-7-3-2-4-8-14/h2-4,7-8,13,15-16H,5-6,9-12H2,1H3,(H2,22,23,25,29)/t13-,15-,16+/m0/s1. The van der Waals surface area contributed by atoms with Crippen LogP contribution in [0.2, 0.25) is 0 Å². The van der Waals surface area contributed by atoms with Crippen molar-refractivity contribution in [2.75, 3.05) is 6.61 Å². The smallest absolute Gasteiger partial charge is 0.329 e. The van der Waals surface area contributed by atoms with Gasteiger partial charge < -0.3 is 10.1 Å². The molecule has 3 atom stereocenters. The normalized spacial score (nSPS) is 21.6. The van der Waals surface area contributed by atoms with Crippen molar-refractivity contribution in [3.05, 3.63) is 35.9 Å². The number of ether oxygens (including phenoxy) is 1. The molecule has 1 aromatic rings. The largest absolute Gasteiger partial charge is 0.454 e. The Balaban J connectivity index is 1.44. The minimum absolute atomic E-state index is 0.234.